The molecule has 2 fully saturated rings. The van der Waals surface area contributed by atoms with E-state index in [4.69, 9.17) is 4.74 Å². The number of ether oxygens (including phenoxy) is 1. The number of carbonyl (C=O) groups excluding carboxylic acids is 2. The summed E-state index contributed by atoms with van der Waals surface area (Å²) in [4.78, 5) is 23.4. The molecular weight excluding hydrogens is 240 g/mol. The molecule has 0 aromatic rings. The van der Waals surface area contributed by atoms with Gasteiger partial charge in [-0.15, -0.1) is 0 Å². The first-order valence-corrected chi connectivity index (χ1v) is 7.69. The average molecular weight is 266 g/mol. The lowest BCUT2D eigenvalue weighted by atomic mass is 9.75. The maximum absolute atomic E-state index is 12.2. The fourth-order valence-electron chi connectivity index (χ4n) is 3.51. The van der Waals surface area contributed by atoms with E-state index >= 15 is 0 Å². The van der Waals surface area contributed by atoms with Crippen LogP contribution in [0.25, 0.3) is 0 Å². The van der Waals surface area contributed by atoms with Crippen LogP contribution in [0.4, 0.5) is 0 Å². The number of carbonyl (C=O) groups is 2. The predicted molar refractivity (Wildman–Crippen MR) is 73.6 cm³/mol. The van der Waals surface area contributed by atoms with Crippen molar-refractivity contribution in [1.29, 1.82) is 0 Å². The van der Waals surface area contributed by atoms with Gasteiger partial charge in [0.2, 0.25) is 0 Å². The smallest absolute Gasteiger partial charge is 0.309 e. The topological polar surface area (TPSA) is 43.4 Å². The highest BCUT2D eigenvalue weighted by atomic mass is 16.5. The molecule has 0 amide bonds. The summed E-state index contributed by atoms with van der Waals surface area (Å²) in [5, 5.41) is 0. The molecule has 2 unspecified atom stereocenters. The van der Waals surface area contributed by atoms with Crippen molar-refractivity contribution in [2.75, 3.05) is 0 Å². The summed E-state index contributed by atoms with van der Waals surface area (Å²) in [5.74, 6) is 1.58. The number of rotatable bonds is 3. The molecule has 0 saturated heterocycles. The lowest BCUT2D eigenvalue weighted by Crippen LogP contribution is -2.37. The van der Waals surface area contributed by atoms with Gasteiger partial charge >= 0.3 is 5.97 Å². The molecule has 4 atom stereocenters. The van der Waals surface area contributed by atoms with Crippen LogP contribution in [-0.4, -0.2) is 17.9 Å². The Morgan fingerprint density at radius 1 is 1.26 bits per heavy atom. The molecule has 0 radical (unpaired) electrons. The van der Waals surface area contributed by atoms with E-state index in [9.17, 15) is 9.59 Å². The Morgan fingerprint density at radius 2 is 2.00 bits per heavy atom. The van der Waals surface area contributed by atoms with Gasteiger partial charge in [0.1, 0.15) is 11.9 Å². The quantitative estimate of drug-likeness (QED) is 0.736. The van der Waals surface area contributed by atoms with Crippen LogP contribution in [0.1, 0.15) is 59.3 Å². The van der Waals surface area contributed by atoms with E-state index in [1.165, 1.54) is 6.42 Å². The van der Waals surface area contributed by atoms with Crippen molar-refractivity contribution in [3.05, 3.63) is 0 Å². The molecule has 0 N–H and O–H groups in total. The van der Waals surface area contributed by atoms with Gasteiger partial charge in [-0.2, -0.15) is 0 Å². The highest BCUT2D eigenvalue weighted by molar-refractivity contribution is 5.87. The summed E-state index contributed by atoms with van der Waals surface area (Å²) in [5.41, 5.74) is 0. The molecule has 108 valence electrons. The number of hydrogen-bond donors (Lipinski definition) is 0. The monoisotopic (exact) mass is 266 g/mol. The van der Waals surface area contributed by atoms with Gasteiger partial charge in [0.05, 0.1) is 5.92 Å². The summed E-state index contributed by atoms with van der Waals surface area (Å²) >= 11 is 0. The molecule has 3 heteroatoms. The number of hydrogen-bond acceptors (Lipinski definition) is 3. The van der Waals surface area contributed by atoms with Crippen LogP contribution in [0, 0.1) is 23.7 Å². The summed E-state index contributed by atoms with van der Waals surface area (Å²) in [6.07, 6.45) is 5.06. The van der Waals surface area contributed by atoms with E-state index in [2.05, 4.69) is 20.8 Å². The Labute approximate surface area is 116 Å². The molecule has 19 heavy (non-hydrogen) atoms. The zero-order valence-electron chi connectivity index (χ0n) is 12.4. The third-order valence-electron chi connectivity index (χ3n) is 4.81. The van der Waals surface area contributed by atoms with Crippen molar-refractivity contribution >= 4 is 11.8 Å². The SMILES string of the molecule is CC(C)C1CC[C@@H](C)C[C@H]1OC(=O)C1CCC(=O)C1. The summed E-state index contributed by atoms with van der Waals surface area (Å²) in [6, 6.07) is 0. The minimum Gasteiger partial charge on any atom is -0.462 e. The van der Waals surface area contributed by atoms with Crippen molar-refractivity contribution in [3.8, 4) is 0 Å². The maximum atomic E-state index is 12.2. The van der Waals surface area contributed by atoms with Crippen molar-refractivity contribution in [1.82, 2.24) is 0 Å². The second kappa shape index (κ2) is 6.06. The molecular formula is C16H26O3. The molecule has 2 rings (SSSR count). The summed E-state index contributed by atoms with van der Waals surface area (Å²) < 4.78 is 5.78. The fourth-order valence-corrected chi connectivity index (χ4v) is 3.51. The van der Waals surface area contributed by atoms with Crippen LogP contribution in [0.2, 0.25) is 0 Å². The highest BCUT2D eigenvalue weighted by Crippen LogP contribution is 2.36. The molecule has 0 aliphatic heterocycles. The van der Waals surface area contributed by atoms with E-state index in [0.29, 0.717) is 37.0 Å². The second-order valence-electron chi connectivity index (χ2n) is 6.78. The average Bonchev–Trinajstić information content (AvgIpc) is 2.75. The lowest BCUT2D eigenvalue weighted by Gasteiger charge is -2.37. The first kappa shape index (κ1) is 14.5. The van der Waals surface area contributed by atoms with Crippen molar-refractivity contribution in [2.24, 2.45) is 23.7 Å². The summed E-state index contributed by atoms with van der Waals surface area (Å²) in [7, 11) is 0. The van der Waals surface area contributed by atoms with E-state index in [0.717, 1.165) is 12.8 Å². The van der Waals surface area contributed by atoms with Crippen LogP contribution in [-0.2, 0) is 14.3 Å². The minimum absolute atomic E-state index is 0.0620. The standard InChI is InChI=1S/C16H26O3/c1-10(2)14-7-4-11(3)8-15(14)19-16(18)12-5-6-13(17)9-12/h10-12,14-15H,4-9H2,1-3H3/t11-,12?,14?,15-/m1/s1. The van der Waals surface area contributed by atoms with E-state index in [-0.39, 0.29) is 23.8 Å². The Bertz CT molecular complexity index is 348. The van der Waals surface area contributed by atoms with Crippen molar-refractivity contribution in [3.63, 3.8) is 0 Å². The Hall–Kier alpha value is -0.860. The molecule has 0 bridgehead atoms. The van der Waals surface area contributed by atoms with Gasteiger partial charge in [-0.3, -0.25) is 9.59 Å². The third-order valence-corrected chi connectivity index (χ3v) is 4.81. The van der Waals surface area contributed by atoms with Gasteiger partial charge in [-0.1, -0.05) is 27.2 Å². The molecule has 0 spiro atoms. The van der Waals surface area contributed by atoms with Crippen LogP contribution in [0.3, 0.4) is 0 Å². The van der Waals surface area contributed by atoms with Crippen LogP contribution in [0.5, 0.6) is 0 Å². The Morgan fingerprint density at radius 3 is 2.58 bits per heavy atom. The first-order chi connectivity index (χ1) is 8.97. The van der Waals surface area contributed by atoms with E-state index in [1.54, 1.807) is 0 Å². The van der Waals surface area contributed by atoms with Crippen LogP contribution >= 0.6 is 0 Å². The third kappa shape index (κ3) is 3.58. The molecule has 3 nitrogen and oxygen atoms in total. The zero-order valence-corrected chi connectivity index (χ0v) is 12.4. The van der Waals surface area contributed by atoms with Gasteiger partial charge in [0.25, 0.3) is 0 Å². The van der Waals surface area contributed by atoms with Gasteiger partial charge in [-0.25, -0.2) is 0 Å². The minimum atomic E-state index is -0.169. The van der Waals surface area contributed by atoms with Crippen LogP contribution < -0.4 is 0 Å². The molecule has 0 aromatic carbocycles. The normalized spacial score (nSPS) is 35.7. The number of Topliss-reactive ketones (excluding diaryl/α,β-unsaturated/α-hetero) is 1. The largest absolute Gasteiger partial charge is 0.462 e. The first-order valence-electron chi connectivity index (χ1n) is 7.69. The molecule has 2 saturated carbocycles. The van der Waals surface area contributed by atoms with Gasteiger partial charge in [0, 0.05) is 12.8 Å². The Kier molecular flexibility index (Phi) is 4.64. The van der Waals surface area contributed by atoms with Crippen molar-refractivity contribution in [2.45, 2.75) is 65.4 Å². The van der Waals surface area contributed by atoms with Crippen molar-refractivity contribution < 1.29 is 14.3 Å². The van der Waals surface area contributed by atoms with E-state index in [1.807, 2.05) is 0 Å². The second-order valence-corrected chi connectivity index (χ2v) is 6.78. The molecule has 0 heterocycles. The van der Waals surface area contributed by atoms with Gasteiger partial charge < -0.3 is 4.74 Å². The summed E-state index contributed by atoms with van der Waals surface area (Å²) in [6.45, 7) is 6.65. The Balaban J connectivity index is 1.94. The molecule has 2 aliphatic carbocycles. The highest BCUT2D eigenvalue weighted by Gasteiger charge is 2.36. The molecule has 2 aliphatic rings. The maximum Gasteiger partial charge on any atom is 0.309 e. The number of ketones is 1. The lowest BCUT2D eigenvalue weighted by molar-refractivity contribution is -0.161. The van der Waals surface area contributed by atoms with E-state index < -0.39 is 0 Å². The fraction of sp³-hybridized carbons (Fsp3) is 0.875. The van der Waals surface area contributed by atoms with Gasteiger partial charge in [-0.05, 0) is 37.0 Å². The van der Waals surface area contributed by atoms with Gasteiger partial charge in [0.15, 0.2) is 0 Å². The molecule has 0 aromatic heterocycles. The zero-order chi connectivity index (χ0) is 14.0. The predicted octanol–water partition coefficient (Wildman–Crippen LogP) is 3.36. The number of esters is 1. The van der Waals surface area contributed by atoms with Crippen LogP contribution in [0.15, 0.2) is 0 Å².